The second kappa shape index (κ2) is 11.4. The third kappa shape index (κ3) is 5.92. The van der Waals surface area contributed by atoms with Crippen LogP contribution in [-0.2, 0) is 15.1 Å². The van der Waals surface area contributed by atoms with Crippen LogP contribution in [-0.4, -0.2) is 31.9 Å². The number of nitrogens with two attached hydrogens (primary N) is 1. The van der Waals surface area contributed by atoms with Crippen LogP contribution in [0.4, 0.5) is 8.78 Å². The summed E-state index contributed by atoms with van der Waals surface area (Å²) < 4.78 is 34.7. The molecule has 0 fully saturated rings. The predicted octanol–water partition coefficient (Wildman–Crippen LogP) is 4.52. The van der Waals surface area contributed by atoms with E-state index in [2.05, 4.69) is 21.6 Å². The minimum atomic E-state index is -2.95. The van der Waals surface area contributed by atoms with Gasteiger partial charge in [0.2, 0.25) is 0 Å². The Bertz CT molecular complexity index is 1010. The van der Waals surface area contributed by atoms with Crippen LogP contribution < -0.4 is 10.5 Å². The Balaban J connectivity index is 2.76. The molecule has 7 heteroatoms. The maximum absolute atomic E-state index is 13.8. The molecule has 32 heavy (non-hydrogen) atoms. The number of carbonyl (C=O) groups excluding carboxylic acids is 1. The lowest BCUT2D eigenvalue weighted by molar-refractivity contribution is -0.126. The SMILES string of the molecule is CCC(C)C(=O)C(N=C(C)N)(c1ccc(OC(F)F)cc1)c1cccc(C#CCOC)c1. The van der Waals surface area contributed by atoms with Gasteiger partial charge in [0.25, 0.3) is 0 Å². The highest BCUT2D eigenvalue weighted by Crippen LogP contribution is 2.39. The molecule has 0 bridgehead atoms. The number of methoxy groups -OCH3 is 1. The van der Waals surface area contributed by atoms with E-state index >= 15 is 0 Å². The number of benzene rings is 2. The van der Waals surface area contributed by atoms with Crippen molar-refractivity contribution in [1.82, 2.24) is 0 Å². The molecule has 0 aliphatic rings. The van der Waals surface area contributed by atoms with Gasteiger partial charge in [-0.1, -0.05) is 50.0 Å². The number of nitrogens with zero attached hydrogens (tertiary/aromatic N) is 1. The summed E-state index contributed by atoms with van der Waals surface area (Å²) in [5.74, 6) is 5.61. The average molecular weight is 443 g/mol. The molecule has 0 radical (unpaired) electrons. The van der Waals surface area contributed by atoms with Gasteiger partial charge in [-0.15, -0.1) is 0 Å². The maximum Gasteiger partial charge on any atom is 0.387 e. The number of aliphatic imine (C=N–C) groups is 1. The zero-order valence-electron chi connectivity index (χ0n) is 18.7. The number of carbonyl (C=O) groups is 1. The molecular formula is C25H28F2N2O3. The van der Waals surface area contributed by atoms with E-state index in [0.717, 1.165) is 0 Å². The van der Waals surface area contributed by atoms with E-state index in [0.29, 0.717) is 23.1 Å². The Labute approximate surface area is 187 Å². The zero-order valence-corrected chi connectivity index (χ0v) is 18.7. The number of ketones is 1. The first-order valence-corrected chi connectivity index (χ1v) is 10.2. The monoisotopic (exact) mass is 442 g/mol. The second-order valence-electron chi connectivity index (χ2n) is 7.36. The molecule has 0 saturated heterocycles. The van der Waals surface area contributed by atoms with Crippen LogP contribution in [0.3, 0.4) is 0 Å². The van der Waals surface area contributed by atoms with Crippen molar-refractivity contribution in [1.29, 1.82) is 0 Å². The fourth-order valence-corrected chi connectivity index (χ4v) is 3.35. The highest BCUT2D eigenvalue weighted by Gasteiger charge is 2.43. The van der Waals surface area contributed by atoms with Crippen molar-refractivity contribution in [3.8, 4) is 17.6 Å². The number of ether oxygens (including phenoxy) is 2. The first-order valence-electron chi connectivity index (χ1n) is 10.2. The van der Waals surface area contributed by atoms with E-state index in [-0.39, 0.29) is 29.9 Å². The third-order valence-electron chi connectivity index (χ3n) is 4.99. The normalized spacial score (nSPS) is 14.3. The molecule has 0 saturated carbocycles. The Hall–Kier alpha value is -3.24. The van der Waals surface area contributed by atoms with Gasteiger partial charge in [-0.2, -0.15) is 8.78 Å². The molecular weight excluding hydrogens is 414 g/mol. The van der Waals surface area contributed by atoms with Gasteiger partial charge < -0.3 is 15.2 Å². The fraction of sp³-hybridized carbons (Fsp3) is 0.360. The van der Waals surface area contributed by atoms with E-state index in [9.17, 15) is 13.6 Å². The van der Waals surface area contributed by atoms with Crippen LogP contribution >= 0.6 is 0 Å². The standard InChI is InChI=1S/C25H28F2N2O3/c1-5-17(2)23(30)25(29-18(3)28,20-11-13-22(14-12-20)32-24(26)27)21-10-6-8-19(16-21)9-7-15-31-4/h6,8,10-14,16-17,24H,5,15H2,1-4H3,(H2,28,29). The van der Waals surface area contributed by atoms with Crippen LogP contribution in [0.1, 0.15) is 43.9 Å². The Morgan fingerprint density at radius 1 is 1.19 bits per heavy atom. The molecule has 0 aromatic heterocycles. The largest absolute Gasteiger partial charge is 0.435 e. The van der Waals surface area contributed by atoms with E-state index in [1.54, 1.807) is 44.4 Å². The Kier molecular flexibility index (Phi) is 8.91. The minimum absolute atomic E-state index is 0.0127. The topological polar surface area (TPSA) is 73.9 Å². The van der Waals surface area contributed by atoms with Crippen molar-refractivity contribution in [3.63, 3.8) is 0 Å². The van der Waals surface area contributed by atoms with Crippen molar-refractivity contribution in [2.24, 2.45) is 16.6 Å². The highest BCUT2D eigenvalue weighted by molar-refractivity contribution is 5.97. The molecule has 0 heterocycles. The first-order chi connectivity index (χ1) is 15.2. The van der Waals surface area contributed by atoms with E-state index in [1.165, 1.54) is 12.1 Å². The van der Waals surface area contributed by atoms with Gasteiger partial charge in [-0.05, 0) is 48.7 Å². The highest BCUT2D eigenvalue weighted by atomic mass is 19.3. The van der Waals surface area contributed by atoms with Gasteiger partial charge in [0.1, 0.15) is 12.4 Å². The lowest BCUT2D eigenvalue weighted by atomic mass is 9.75. The van der Waals surface area contributed by atoms with Crippen LogP contribution in [0.25, 0.3) is 0 Å². The lowest BCUT2D eigenvalue weighted by Crippen LogP contribution is -2.40. The van der Waals surface area contributed by atoms with Gasteiger partial charge in [-0.25, -0.2) is 4.99 Å². The van der Waals surface area contributed by atoms with Crippen molar-refractivity contribution >= 4 is 11.6 Å². The smallest absolute Gasteiger partial charge is 0.387 e. The van der Waals surface area contributed by atoms with Gasteiger partial charge >= 0.3 is 6.61 Å². The second-order valence-corrected chi connectivity index (χ2v) is 7.36. The molecule has 170 valence electrons. The van der Waals surface area contributed by atoms with Gasteiger partial charge in [0.15, 0.2) is 11.3 Å². The Morgan fingerprint density at radius 2 is 1.88 bits per heavy atom. The number of rotatable bonds is 9. The summed E-state index contributed by atoms with van der Waals surface area (Å²) in [6.07, 6.45) is 0.597. The van der Waals surface area contributed by atoms with Crippen molar-refractivity contribution in [3.05, 3.63) is 65.2 Å². The average Bonchev–Trinajstić information content (AvgIpc) is 2.77. The van der Waals surface area contributed by atoms with Gasteiger partial charge in [-0.3, -0.25) is 4.79 Å². The van der Waals surface area contributed by atoms with Gasteiger partial charge in [0, 0.05) is 18.6 Å². The van der Waals surface area contributed by atoms with Crippen molar-refractivity contribution in [2.75, 3.05) is 13.7 Å². The minimum Gasteiger partial charge on any atom is -0.435 e. The Morgan fingerprint density at radius 3 is 2.44 bits per heavy atom. The van der Waals surface area contributed by atoms with Crippen LogP contribution in [0.15, 0.2) is 53.5 Å². The number of alkyl halides is 2. The lowest BCUT2D eigenvalue weighted by Gasteiger charge is -2.32. The van der Waals surface area contributed by atoms with Gasteiger partial charge in [0.05, 0.1) is 5.84 Å². The number of amidine groups is 1. The zero-order chi connectivity index (χ0) is 23.7. The molecule has 5 nitrogen and oxygen atoms in total. The molecule has 2 unspecified atom stereocenters. The number of hydrogen-bond donors (Lipinski definition) is 1. The summed E-state index contributed by atoms with van der Waals surface area (Å²) in [5.41, 5.74) is 6.30. The summed E-state index contributed by atoms with van der Waals surface area (Å²) >= 11 is 0. The molecule has 2 atom stereocenters. The summed E-state index contributed by atoms with van der Waals surface area (Å²) in [4.78, 5) is 18.4. The quantitative estimate of drug-likeness (QED) is 0.352. The van der Waals surface area contributed by atoms with Crippen LogP contribution in [0.2, 0.25) is 0 Å². The number of hydrogen-bond acceptors (Lipinski definition) is 4. The first kappa shape index (κ1) is 25.0. The molecule has 2 rings (SSSR count). The predicted molar refractivity (Wildman–Crippen MR) is 121 cm³/mol. The number of halogens is 2. The summed E-state index contributed by atoms with van der Waals surface area (Å²) in [7, 11) is 1.56. The maximum atomic E-state index is 13.8. The molecule has 2 aromatic carbocycles. The summed E-state index contributed by atoms with van der Waals surface area (Å²) in [5, 5.41) is 0. The summed E-state index contributed by atoms with van der Waals surface area (Å²) in [6.45, 7) is 2.68. The molecule has 0 aliphatic carbocycles. The molecule has 2 aromatic rings. The molecule has 0 aliphatic heterocycles. The van der Waals surface area contributed by atoms with Crippen molar-refractivity contribution < 1.29 is 23.0 Å². The van der Waals surface area contributed by atoms with E-state index in [4.69, 9.17) is 10.5 Å². The molecule has 0 amide bonds. The fourth-order valence-electron chi connectivity index (χ4n) is 3.35. The van der Waals surface area contributed by atoms with Crippen LogP contribution in [0.5, 0.6) is 5.75 Å². The molecule has 0 spiro atoms. The molecule has 2 N–H and O–H groups in total. The third-order valence-corrected chi connectivity index (χ3v) is 4.99. The van der Waals surface area contributed by atoms with E-state index < -0.39 is 12.2 Å². The van der Waals surface area contributed by atoms with Crippen LogP contribution in [0, 0.1) is 17.8 Å². The summed E-state index contributed by atoms with van der Waals surface area (Å²) in [6, 6.07) is 13.1. The van der Waals surface area contributed by atoms with E-state index in [1.807, 2.05) is 19.9 Å². The number of Topliss-reactive ketones (excluding diaryl/α,β-unsaturated/α-hetero) is 1. The van der Waals surface area contributed by atoms with Crippen molar-refractivity contribution in [2.45, 2.75) is 39.3 Å².